The number of ether oxygens (including phenoxy) is 2. The summed E-state index contributed by atoms with van der Waals surface area (Å²) < 4.78 is 10.8. The molecule has 2 aromatic rings. The van der Waals surface area contributed by atoms with E-state index in [1.54, 1.807) is 48.5 Å². The molecule has 1 atom stereocenters. The summed E-state index contributed by atoms with van der Waals surface area (Å²) in [5.74, 6) is 1.27. The Kier molecular flexibility index (Phi) is 5.09. The third kappa shape index (κ3) is 4.64. The maximum absolute atomic E-state index is 9.79. The lowest BCUT2D eigenvalue weighted by molar-refractivity contribution is 0.0626. The van der Waals surface area contributed by atoms with Crippen LogP contribution in [0.5, 0.6) is 11.5 Å². The summed E-state index contributed by atoms with van der Waals surface area (Å²) in [4.78, 5) is 0. The van der Waals surface area contributed by atoms with Crippen molar-refractivity contribution in [3.8, 4) is 11.5 Å². The molecule has 5 heteroatoms. The quantitative estimate of drug-likeness (QED) is 0.804. The first-order valence-electron chi connectivity index (χ1n) is 6.18. The molecule has 0 amide bonds. The Morgan fingerprint density at radius 1 is 1.00 bits per heavy atom. The normalized spacial score (nSPS) is 11.9. The third-order valence-corrected chi connectivity index (χ3v) is 2.80. The molecular weight excluding hydrogens is 278 g/mol. The van der Waals surface area contributed by atoms with Crippen LogP contribution < -0.4 is 15.2 Å². The lowest BCUT2D eigenvalue weighted by Crippen LogP contribution is -2.25. The number of nitrogens with two attached hydrogens (primary N) is 1. The number of benzene rings is 2. The van der Waals surface area contributed by atoms with Gasteiger partial charge in [0.05, 0.1) is 0 Å². The van der Waals surface area contributed by atoms with E-state index in [4.69, 9.17) is 26.8 Å². The first kappa shape index (κ1) is 14.5. The van der Waals surface area contributed by atoms with Crippen LogP contribution >= 0.6 is 11.6 Å². The first-order valence-corrected chi connectivity index (χ1v) is 6.56. The molecule has 4 nitrogen and oxygen atoms in total. The van der Waals surface area contributed by atoms with Gasteiger partial charge in [0.25, 0.3) is 0 Å². The minimum Gasteiger partial charge on any atom is -0.491 e. The molecule has 0 saturated heterocycles. The lowest BCUT2D eigenvalue weighted by Gasteiger charge is -2.13. The predicted octanol–water partition coefficient (Wildman–Crippen LogP) is 2.74. The summed E-state index contributed by atoms with van der Waals surface area (Å²) in [7, 11) is 0. The van der Waals surface area contributed by atoms with Gasteiger partial charge >= 0.3 is 0 Å². The van der Waals surface area contributed by atoms with Crippen molar-refractivity contribution >= 4 is 17.3 Å². The highest BCUT2D eigenvalue weighted by Crippen LogP contribution is 2.17. The molecule has 0 spiro atoms. The number of rotatable bonds is 6. The van der Waals surface area contributed by atoms with E-state index in [9.17, 15) is 5.11 Å². The van der Waals surface area contributed by atoms with E-state index < -0.39 is 6.10 Å². The van der Waals surface area contributed by atoms with Gasteiger partial charge in [0.1, 0.15) is 30.8 Å². The first-order chi connectivity index (χ1) is 9.63. The van der Waals surface area contributed by atoms with Crippen LogP contribution in [0, 0.1) is 0 Å². The monoisotopic (exact) mass is 293 g/mol. The highest BCUT2D eigenvalue weighted by molar-refractivity contribution is 6.30. The van der Waals surface area contributed by atoms with Crippen molar-refractivity contribution < 1.29 is 14.6 Å². The van der Waals surface area contributed by atoms with Gasteiger partial charge in [-0.3, -0.25) is 0 Å². The minimum atomic E-state index is -0.730. The van der Waals surface area contributed by atoms with Gasteiger partial charge in [0, 0.05) is 10.7 Å². The SMILES string of the molecule is Nc1ccc(OCC(O)COc2cccc(Cl)c2)cc1. The molecule has 0 fully saturated rings. The van der Waals surface area contributed by atoms with Crippen LogP contribution in [-0.4, -0.2) is 24.4 Å². The van der Waals surface area contributed by atoms with Crippen LogP contribution in [0.25, 0.3) is 0 Å². The zero-order chi connectivity index (χ0) is 14.4. The van der Waals surface area contributed by atoms with Crippen LogP contribution in [0.2, 0.25) is 5.02 Å². The van der Waals surface area contributed by atoms with E-state index >= 15 is 0 Å². The molecule has 0 aliphatic carbocycles. The fraction of sp³-hybridized carbons (Fsp3) is 0.200. The van der Waals surface area contributed by atoms with Crippen molar-refractivity contribution in [2.24, 2.45) is 0 Å². The second kappa shape index (κ2) is 7.03. The summed E-state index contributed by atoms with van der Waals surface area (Å²) in [6, 6.07) is 14.0. The Hall–Kier alpha value is -1.91. The molecule has 0 aliphatic rings. The van der Waals surface area contributed by atoms with Crippen LogP contribution in [0.4, 0.5) is 5.69 Å². The van der Waals surface area contributed by atoms with Crippen LogP contribution in [-0.2, 0) is 0 Å². The Labute approximate surface area is 122 Å². The summed E-state index contributed by atoms with van der Waals surface area (Å²) in [5.41, 5.74) is 6.24. The summed E-state index contributed by atoms with van der Waals surface area (Å²) in [5, 5.41) is 10.4. The molecule has 0 saturated carbocycles. The second-order valence-electron chi connectivity index (χ2n) is 4.30. The lowest BCUT2D eigenvalue weighted by atomic mass is 10.3. The molecule has 0 aliphatic heterocycles. The van der Waals surface area contributed by atoms with Gasteiger partial charge in [0.2, 0.25) is 0 Å². The summed E-state index contributed by atoms with van der Waals surface area (Å²) >= 11 is 5.84. The molecule has 20 heavy (non-hydrogen) atoms. The van der Waals surface area contributed by atoms with Gasteiger partial charge in [-0.1, -0.05) is 17.7 Å². The van der Waals surface area contributed by atoms with Crippen LogP contribution in [0.3, 0.4) is 0 Å². The number of hydrogen-bond donors (Lipinski definition) is 2. The average Bonchev–Trinajstić information content (AvgIpc) is 2.45. The smallest absolute Gasteiger partial charge is 0.122 e. The maximum Gasteiger partial charge on any atom is 0.122 e. The number of aliphatic hydroxyl groups excluding tert-OH is 1. The second-order valence-corrected chi connectivity index (χ2v) is 4.74. The van der Waals surface area contributed by atoms with Gasteiger partial charge in [0.15, 0.2) is 0 Å². The van der Waals surface area contributed by atoms with Gasteiger partial charge < -0.3 is 20.3 Å². The standard InChI is InChI=1S/C15H16ClNO3/c16-11-2-1-3-15(8-11)20-10-13(18)9-19-14-6-4-12(17)5-7-14/h1-8,13,18H,9-10,17H2. The van der Waals surface area contributed by atoms with Gasteiger partial charge in [-0.2, -0.15) is 0 Å². The highest BCUT2D eigenvalue weighted by atomic mass is 35.5. The fourth-order valence-electron chi connectivity index (χ4n) is 1.55. The molecule has 0 radical (unpaired) electrons. The Bertz CT molecular complexity index is 545. The zero-order valence-corrected chi connectivity index (χ0v) is 11.6. The van der Waals surface area contributed by atoms with E-state index in [0.29, 0.717) is 22.2 Å². The molecule has 0 bridgehead atoms. The van der Waals surface area contributed by atoms with E-state index in [-0.39, 0.29) is 13.2 Å². The van der Waals surface area contributed by atoms with E-state index in [2.05, 4.69) is 0 Å². The topological polar surface area (TPSA) is 64.7 Å². The van der Waals surface area contributed by atoms with Crippen molar-refractivity contribution in [1.29, 1.82) is 0 Å². The molecule has 2 rings (SSSR count). The molecule has 2 aromatic carbocycles. The van der Waals surface area contributed by atoms with Crippen molar-refractivity contribution in [2.75, 3.05) is 18.9 Å². The fourth-order valence-corrected chi connectivity index (χ4v) is 1.73. The largest absolute Gasteiger partial charge is 0.491 e. The van der Waals surface area contributed by atoms with Gasteiger partial charge in [-0.25, -0.2) is 0 Å². The summed E-state index contributed by atoms with van der Waals surface area (Å²) in [6.45, 7) is 0.278. The highest BCUT2D eigenvalue weighted by Gasteiger charge is 2.07. The minimum absolute atomic E-state index is 0.134. The maximum atomic E-state index is 9.79. The van der Waals surface area contributed by atoms with Crippen LogP contribution in [0.15, 0.2) is 48.5 Å². The zero-order valence-electron chi connectivity index (χ0n) is 10.8. The number of hydrogen-bond acceptors (Lipinski definition) is 4. The molecular formula is C15H16ClNO3. The Morgan fingerprint density at radius 2 is 1.65 bits per heavy atom. The molecule has 106 valence electrons. The van der Waals surface area contributed by atoms with E-state index in [1.807, 2.05) is 0 Å². The van der Waals surface area contributed by atoms with Crippen molar-refractivity contribution in [2.45, 2.75) is 6.10 Å². The summed E-state index contributed by atoms with van der Waals surface area (Å²) in [6.07, 6.45) is -0.730. The van der Waals surface area contributed by atoms with E-state index in [1.165, 1.54) is 0 Å². The van der Waals surface area contributed by atoms with E-state index in [0.717, 1.165) is 0 Å². The Balaban J connectivity index is 1.75. The average molecular weight is 294 g/mol. The third-order valence-electron chi connectivity index (χ3n) is 2.56. The van der Waals surface area contributed by atoms with Crippen molar-refractivity contribution in [1.82, 2.24) is 0 Å². The number of halogens is 1. The molecule has 1 unspecified atom stereocenters. The number of nitrogen functional groups attached to an aromatic ring is 1. The van der Waals surface area contributed by atoms with Crippen molar-refractivity contribution in [3.63, 3.8) is 0 Å². The number of aliphatic hydroxyl groups is 1. The van der Waals surface area contributed by atoms with Gasteiger partial charge in [-0.15, -0.1) is 0 Å². The molecule has 0 heterocycles. The number of anilines is 1. The molecule has 0 aromatic heterocycles. The predicted molar refractivity (Wildman–Crippen MR) is 79.3 cm³/mol. The molecule has 3 N–H and O–H groups in total. The Morgan fingerprint density at radius 3 is 2.30 bits per heavy atom. The van der Waals surface area contributed by atoms with Crippen molar-refractivity contribution in [3.05, 3.63) is 53.6 Å². The van der Waals surface area contributed by atoms with Crippen LogP contribution in [0.1, 0.15) is 0 Å². The van der Waals surface area contributed by atoms with Gasteiger partial charge in [-0.05, 0) is 42.5 Å².